The van der Waals surface area contributed by atoms with Crippen LogP contribution in [0.5, 0.6) is 0 Å². The van der Waals surface area contributed by atoms with E-state index in [9.17, 15) is 4.79 Å². The van der Waals surface area contributed by atoms with Crippen LogP contribution < -0.4 is 5.32 Å². The Labute approximate surface area is 171 Å². The molecule has 3 rings (SSSR count). The smallest absolute Gasteiger partial charge is 0.253 e. The summed E-state index contributed by atoms with van der Waals surface area (Å²) in [4.78, 5) is 19.2. The highest BCUT2D eigenvalue weighted by atomic mass is 35.5. The van der Waals surface area contributed by atoms with Gasteiger partial charge in [0.25, 0.3) is 5.91 Å². The molecule has 1 heterocycles. The molecule has 0 aliphatic heterocycles. The summed E-state index contributed by atoms with van der Waals surface area (Å²) in [6.07, 6.45) is 0. The van der Waals surface area contributed by atoms with Gasteiger partial charge in [0.15, 0.2) is 0 Å². The number of aromatic nitrogens is 1. The van der Waals surface area contributed by atoms with Crippen LogP contribution >= 0.6 is 24.8 Å². The second kappa shape index (κ2) is 11.7. The molecule has 1 amide bonds. The average Bonchev–Trinajstić information content (AvgIpc) is 2.52. The molecular weight excluding hydrogens is 389 g/mol. The Balaban J connectivity index is 0. The Morgan fingerprint density at radius 2 is 1.74 bits per heavy atom. The van der Waals surface area contributed by atoms with Gasteiger partial charge in [0.05, 0.1) is 16.6 Å². The molecule has 1 aromatic heterocycles. The number of hydrogen-bond donors (Lipinski definition) is 1. The molecule has 0 bridgehead atoms. The molecule has 0 atom stereocenters. The van der Waals surface area contributed by atoms with Crippen molar-refractivity contribution in [1.29, 1.82) is 0 Å². The van der Waals surface area contributed by atoms with Crippen LogP contribution in [-0.4, -0.2) is 53.9 Å². The third kappa shape index (κ3) is 6.02. The molecule has 0 radical (unpaired) electrons. The van der Waals surface area contributed by atoms with Gasteiger partial charge in [-0.25, -0.2) is 4.98 Å². The van der Waals surface area contributed by atoms with Crippen molar-refractivity contribution in [3.05, 3.63) is 53.6 Å². The van der Waals surface area contributed by atoms with Crippen molar-refractivity contribution in [3.8, 4) is 0 Å². The van der Waals surface area contributed by atoms with E-state index in [0.717, 1.165) is 28.4 Å². The highest BCUT2D eigenvalue weighted by Gasteiger charge is 2.12. The number of para-hydroxylation sites is 1. The van der Waals surface area contributed by atoms with Crippen LogP contribution in [0.1, 0.15) is 15.9 Å². The fourth-order valence-electron chi connectivity index (χ4n) is 2.70. The Morgan fingerprint density at radius 3 is 2.41 bits per heavy atom. The summed E-state index contributed by atoms with van der Waals surface area (Å²) in [5, 5.41) is 5.08. The number of hydrogen-bond acceptors (Lipinski definition) is 3. The van der Waals surface area contributed by atoms with Crippen molar-refractivity contribution in [2.24, 2.45) is 0 Å². The minimum atomic E-state index is -0.0723. The van der Waals surface area contributed by atoms with E-state index in [1.807, 2.05) is 49.3 Å². The molecule has 27 heavy (non-hydrogen) atoms. The summed E-state index contributed by atoms with van der Waals surface area (Å²) in [5.74, 6) is -0.0723. The van der Waals surface area contributed by atoms with E-state index in [-0.39, 0.29) is 41.7 Å². The van der Waals surface area contributed by atoms with Crippen LogP contribution in [-0.2, 0) is 0 Å². The quantitative estimate of drug-likeness (QED) is 0.659. The zero-order chi connectivity index (χ0) is 16.4. The van der Waals surface area contributed by atoms with E-state index >= 15 is 0 Å². The number of benzene rings is 2. The lowest BCUT2D eigenvalue weighted by molar-refractivity contribution is 0.0952. The van der Waals surface area contributed by atoms with Crippen molar-refractivity contribution in [2.45, 2.75) is 6.92 Å². The van der Waals surface area contributed by atoms with Crippen LogP contribution in [0.15, 0.2) is 42.5 Å². The van der Waals surface area contributed by atoms with Gasteiger partial charge in [-0.15, -0.1) is 24.8 Å². The van der Waals surface area contributed by atoms with Crippen molar-refractivity contribution in [2.75, 3.05) is 27.2 Å². The average molecular weight is 416 g/mol. The summed E-state index contributed by atoms with van der Waals surface area (Å²) in [6.45, 7) is 3.51. The third-order valence-corrected chi connectivity index (χ3v) is 3.99. The van der Waals surface area contributed by atoms with Crippen LogP contribution in [0.2, 0.25) is 0 Å². The molecule has 0 spiro atoms. The Hall–Kier alpha value is -1.96. The zero-order valence-electron chi connectivity index (χ0n) is 15.6. The lowest BCUT2D eigenvalue weighted by Gasteiger charge is -2.12. The van der Waals surface area contributed by atoms with Crippen molar-refractivity contribution in [3.63, 3.8) is 0 Å². The molecule has 0 saturated carbocycles. The van der Waals surface area contributed by atoms with E-state index in [1.165, 1.54) is 5.56 Å². The number of nitrogens with one attached hydrogen (secondary N) is 1. The fourth-order valence-corrected chi connectivity index (χ4v) is 2.70. The number of fused-ring (bicyclic) bond motifs is 2. The van der Waals surface area contributed by atoms with Crippen molar-refractivity contribution >= 4 is 52.5 Å². The number of amides is 1. The Morgan fingerprint density at radius 1 is 1.07 bits per heavy atom. The summed E-state index contributed by atoms with van der Waals surface area (Å²) in [7, 11) is 3.97. The van der Waals surface area contributed by atoms with E-state index < -0.39 is 0 Å². The van der Waals surface area contributed by atoms with E-state index in [4.69, 9.17) is 4.98 Å². The number of aryl methyl sites for hydroxylation is 1. The number of carbonyl (C=O) groups excluding carboxylic acids is 1. The molecule has 2 aromatic carbocycles. The second-order valence-corrected chi connectivity index (χ2v) is 6.07. The normalized spacial score (nSPS) is 9.63. The van der Waals surface area contributed by atoms with Crippen molar-refractivity contribution in [1.82, 2.24) is 15.2 Å². The molecule has 0 fully saturated rings. The summed E-state index contributed by atoms with van der Waals surface area (Å²) in [6, 6.07) is 13.9. The van der Waals surface area contributed by atoms with E-state index in [1.54, 1.807) is 0 Å². The van der Waals surface area contributed by atoms with Crippen LogP contribution in [0.25, 0.3) is 21.8 Å². The number of carbonyl (C=O) groups is 1. The Bertz CT molecular complexity index is 889. The summed E-state index contributed by atoms with van der Waals surface area (Å²) >= 11 is 0. The molecule has 150 valence electrons. The zero-order valence-corrected chi connectivity index (χ0v) is 17.2. The maximum Gasteiger partial charge on any atom is 0.253 e. The highest BCUT2D eigenvalue weighted by molar-refractivity contribution is 6.08. The maximum absolute atomic E-state index is 12.5. The van der Waals surface area contributed by atoms with Gasteiger partial charge in [-0.3, -0.25) is 4.79 Å². The number of rotatable bonds is 4. The first-order valence-corrected chi connectivity index (χ1v) is 7.78. The molecule has 0 aliphatic carbocycles. The standard InChI is InChI=1S/C19H21N3O.2ClH.2H2O/c1-13-6-4-9-17-16(13)12-14-7-5-8-15(18(14)21-17)19(23)20-10-11-22(2)3;;;;/h4-9,12H,10-11H2,1-3H3,(H,20,23);2*1H;2*1H2. The molecule has 0 unspecified atom stereocenters. The van der Waals surface area contributed by atoms with E-state index in [0.29, 0.717) is 12.1 Å². The first kappa shape index (κ1) is 27.3. The predicted octanol–water partition coefficient (Wildman–Crippen LogP) is 2.18. The van der Waals surface area contributed by atoms with Gasteiger partial charge in [-0.1, -0.05) is 24.3 Å². The number of pyridine rings is 1. The van der Waals surface area contributed by atoms with Gasteiger partial charge in [0, 0.05) is 23.9 Å². The van der Waals surface area contributed by atoms with Gasteiger partial charge in [0.1, 0.15) is 0 Å². The van der Waals surface area contributed by atoms with Crippen LogP contribution in [0.3, 0.4) is 0 Å². The topological polar surface area (TPSA) is 108 Å². The van der Waals surface area contributed by atoms with Gasteiger partial charge < -0.3 is 21.2 Å². The number of likely N-dealkylation sites (N-methyl/N-ethyl adjacent to an activating group) is 1. The van der Waals surface area contributed by atoms with Gasteiger partial charge in [-0.2, -0.15) is 0 Å². The number of halogens is 2. The molecular formula is C19H27Cl2N3O3. The second-order valence-electron chi connectivity index (χ2n) is 6.07. The van der Waals surface area contributed by atoms with Crippen molar-refractivity contribution < 1.29 is 15.7 Å². The number of nitrogens with zero attached hydrogens (tertiary/aromatic N) is 2. The predicted molar refractivity (Wildman–Crippen MR) is 117 cm³/mol. The van der Waals surface area contributed by atoms with Gasteiger partial charge in [-0.05, 0) is 44.8 Å². The van der Waals surface area contributed by atoms with E-state index in [2.05, 4.69) is 24.4 Å². The monoisotopic (exact) mass is 415 g/mol. The Kier molecular flexibility index (Phi) is 11.8. The lowest BCUT2D eigenvalue weighted by atomic mass is 10.0. The maximum atomic E-state index is 12.5. The first-order chi connectivity index (χ1) is 11.1. The fraction of sp³-hybridized carbons (Fsp3) is 0.263. The minimum Gasteiger partial charge on any atom is -0.412 e. The molecule has 8 heteroatoms. The van der Waals surface area contributed by atoms with Gasteiger partial charge in [0.2, 0.25) is 0 Å². The largest absolute Gasteiger partial charge is 0.412 e. The first-order valence-electron chi connectivity index (χ1n) is 7.78. The molecule has 6 nitrogen and oxygen atoms in total. The lowest BCUT2D eigenvalue weighted by Crippen LogP contribution is -2.31. The third-order valence-electron chi connectivity index (χ3n) is 3.99. The summed E-state index contributed by atoms with van der Waals surface area (Å²) in [5.41, 5.74) is 3.50. The SMILES string of the molecule is Cc1cccc2nc3c(C(=O)NCCN(C)C)cccc3cc12.Cl.Cl.O.O. The summed E-state index contributed by atoms with van der Waals surface area (Å²) < 4.78 is 0. The molecule has 0 aliphatic rings. The van der Waals surface area contributed by atoms with Crippen LogP contribution in [0, 0.1) is 6.92 Å². The molecule has 0 saturated heterocycles. The van der Waals surface area contributed by atoms with Crippen LogP contribution in [0.4, 0.5) is 0 Å². The highest BCUT2D eigenvalue weighted by Crippen LogP contribution is 2.24. The molecule has 3 aromatic rings. The molecule has 5 N–H and O–H groups in total. The van der Waals surface area contributed by atoms with Gasteiger partial charge >= 0.3 is 0 Å². The minimum absolute atomic E-state index is 0.